The predicted octanol–water partition coefficient (Wildman–Crippen LogP) is 7.96. The SMILES string of the molecule is CC.CC.CC.CCC.CCCC(C)C(C)CC. The van der Waals surface area contributed by atoms with Crippen LogP contribution in [0.4, 0.5) is 0 Å². The standard InChI is InChI=1S/C9H20.C3H8.3C2H6/c1-5-7-9(4)8(3)6-2;1-3-2;3*1-2/h8-9H,5-7H2,1-4H3;3H2,1-2H3;3*1-2H3. The molecule has 0 aliphatic carbocycles. The van der Waals surface area contributed by atoms with Crippen LogP contribution in [0.2, 0.25) is 0 Å². The monoisotopic (exact) mass is 262 g/mol. The molecular weight excluding hydrogens is 216 g/mol. The van der Waals surface area contributed by atoms with Crippen LogP contribution < -0.4 is 0 Å². The van der Waals surface area contributed by atoms with Crippen molar-refractivity contribution in [3.05, 3.63) is 0 Å². The van der Waals surface area contributed by atoms with Crippen LogP contribution in [-0.4, -0.2) is 0 Å². The molecule has 0 fully saturated rings. The summed E-state index contributed by atoms with van der Waals surface area (Å²) in [5.41, 5.74) is 0. The van der Waals surface area contributed by atoms with E-state index in [0.29, 0.717) is 0 Å². The van der Waals surface area contributed by atoms with Crippen LogP contribution in [0.15, 0.2) is 0 Å². The van der Waals surface area contributed by atoms with Gasteiger partial charge in [0.05, 0.1) is 0 Å². The normalized spacial score (nSPS) is 10.7. The molecule has 0 heterocycles. The van der Waals surface area contributed by atoms with Crippen molar-refractivity contribution in [1.29, 1.82) is 0 Å². The van der Waals surface area contributed by atoms with E-state index in [1.807, 2.05) is 41.5 Å². The molecule has 0 aromatic carbocycles. The second-order valence-corrected chi connectivity index (χ2v) is 3.86. The Kier molecular flexibility index (Phi) is 74.4. The van der Waals surface area contributed by atoms with E-state index in [1.165, 1.54) is 25.7 Å². The lowest BCUT2D eigenvalue weighted by atomic mass is 9.90. The highest BCUT2D eigenvalue weighted by atomic mass is 14.1. The van der Waals surface area contributed by atoms with Gasteiger partial charge in [0.25, 0.3) is 0 Å². The first-order valence-electron chi connectivity index (χ1n) is 8.63. The van der Waals surface area contributed by atoms with Crippen LogP contribution in [0.5, 0.6) is 0 Å². The van der Waals surface area contributed by atoms with Gasteiger partial charge in [0.1, 0.15) is 0 Å². The van der Waals surface area contributed by atoms with Gasteiger partial charge in [-0.05, 0) is 11.8 Å². The first-order valence-corrected chi connectivity index (χ1v) is 8.63. The van der Waals surface area contributed by atoms with Crippen molar-refractivity contribution < 1.29 is 0 Å². The van der Waals surface area contributed by atoms with E-state index in [-0.39, 0.29) is 0 Å². The first kappa shape index (κ1) is 30.8. The van der Waals surface area contributed by atoms with Crippen LogP contribution in [0.25, 0.3) is 0 Å². The molecule has 0 bridgehead atoms. The Labute approximate surface area is 121 Å². The largest absolute Gasteiger partial charge is 0.0683 e. The second kappa shape index (κ2) is 43.5. The summed E-state index contributed by atoms with van der Waals surface area (Å²) in [6.07, 6.45) is 5.32. The minimum atomic E-state index is 0.921. The Balaban J connectivity index is -0.0000000524. The molecular formula is C18H46. The topological polar surface area (TPSA) is 0 Å². The van der Waals surface area contributed by atoms with E-state index in [9.17, 15) is 0 Å². The molecule has 0 heteroatoms. The van der Waals surface area contributed by atoms with Crippen LogP contribution in [-0.2, 0) is 0 Å². The molecule has 2 unspecified atom stereocenters. The maximum atomic E-state index is 2.36. The fourth-order valence-corrected chi connectivity index (χ4v) is 1.14. The molecule has 0 rings (SSSR count). The summed E-state index contributed by atoms with van der Waals surface area (Å²) in [6.45, 7) is 25.5. The Bertz CT molecular complexity index is 66.4. The molecule has 0 amide bonds. The summed E-state index contributed by atoms with van der Waals surface area (Å²) in [6, 6.07) is 0. The Morgan fingerprint density at radius 3 is 1.06 bits per heavy atom. The highest BCUT2D eigenvalue weighted by molar-refractivity contribution is 4.58. The van der Waals surface area contributed by atoms with Crippen molar-refractivity contribution in [2.45, 2.75) is 109 Å². The average molecular weight is 263 g/mol. The maximum Gasteiger partial charge on any atom is -0.0417 e. The molecule has 18 heavy (non-hydrogen) atoms. The van der Waals surface area contributed by atoms with E-state index in [1.54, 1.807) is 0 Å². The molecule has 0 aromatic rings. The predicted molar refractivity (Wildman–Crippen MR) is 93.5 cm³/mol. The fraction of sp³-hybridized carbons (Fsp3) is 1.00. The summed E-state index contributed by atoms with van der Waals surface area (Å²) in [7, 11) is 0. The van der Waals surface area contributed by atoms with E-state index in [0.717, 1.165) is 11.8 Å². The molecule has 118 valence electrons. The van der Waals surface area contributed by atoms with Gasteiger partial charge in [-0.25, -0.2) is 0 Å². The van der Waals surface area contributed by atoms with Gasteiger partial charge >= 0.3 is 0 Å². The van der Waals surface area contributed by atoms with Crippen LogP contribution >= 0.6 is 0 Å². The lowest BCUT2D eigenvalue weighted by Gasteiger charge is -2.16. The highest BCUT2D eigenvalue weighted by Gasteiger charge is 2.07. The number of hydrogen-bond acceptors (Lipinski definition) is 0. The molecule has 0 aliphatic rings. The summed E-state index contributed by atoms with van der Waals surface area (Å²) >= 11 is 0. The van der Waals surface area contributed by atoms with Gasteiger partial charge in [-0.1, -0.05) is 109 Å². The zero-order chi connectivity index (χ0) is 16.0. The second-order valence-electron chi connectivity index (χ2n) is 3.86. The average Bonchev–Trinajstić information content (AvgIpc) is 2.45. The number of rotatable bonds is 4. The first-order chi connectivity index (χ1) is 8.63. The third-order valence-electron chi connectivity index (χ3n) is 2.36. The van der Waals surface area contributed by atoms with Crippen molar-refractivity contribution >= 4 is 0 Å². The lowest BCUT2D eigenvalue weighted by molar-refractivity contribution is 0.352. The molecule has 0 aromatic heterocycles. The minimum absolute atomic E-state index is 0.921. The van der Waals surface area contributed by atoms with Crippen molar-refractivity contribution in [2.24, 2.45) is 11.8 Å². The quantitative estimate of drug-likeness (QED) is 0.482. The van der Waals surface area contributed by atoms with E-state index in [4.69, 9.17) is 0 Å². The van der Waals surface area contributed by atoms with Gasteiger partial charge < -0.3 is 0 Å². The Morgan fingerprint density at radius 2 is 0.889 bits per heavy atom. The minimum Gasteiger partial charge on any atom is -0.0683 e. The van der Waals surface area contributed by atoms with Gasteiger partial charge in [0, 0.05) is 0 Å². The molecule has 0 spiro atoms. The highest BCUT2D eigenvalue weighted by Crippen LogP contribution is 2.18. The van der Waals surface area contributed by atoms with Crippen molar-refractivity contribution in [2.75, 3.05) is 0 Å². The third-order valence-corrected chi connectivity index (χ3v) is 2.36. The fourth-order valence-electron chi connectivity index (χ4n) is 1.14. The van der Waals surface area contributed by atoms with Gasteiger partial charge in [-0.15, -0.1) is 0 Å². The molecule has 0 N–H and O–H groups in total. The summed E-state index contributed by atoms with van der Waals surface area (Å²) in [5, 5.41) is 0. The van der Waals surface area contributed by atoms with Crippen LogP contribution in [0.3, 0.4) is 0 Å². The molecule has 0 nitrogen and oxygen atoms in total. The smallest absolute Gasteiger partial charge is 0.0417 e. The zero-order valence-corrected chi connectivity index (χ0v) is 16.0. The summed E-state index contributed by atoms with van der Waals surface area (Å²) in [4.78, 5) is 0. The van der Waals surface area contributed by atoms with Gasteiger partial charge in [-0.2, -0.15) is 0 Å². The van der Waals surface area contributed by atoms with Crippen molar-refractivity contribution in [1.82, 2.24) is 0 Å². The van der Waals surface area contributed by atoms with Crippen LogP contribution in [0.1, 0.15) is 109 Å². The maximum absolute atomic E-state index is 2.36. The van der Waals surface area contributed by atoms with Crippen molar-refractivity contribution in [3.63, 3.8) is 0 Å². The van der Waals surface area contributed by atoms with Crippen LogP contribution in [0, 0.1) is 11.8 Å². The molecule has 0 aliphatic heterocycles. The lowest BCUT2D eigenvalue weighted by Crippen LogP contribution is -2.05. The third kappa shape index (κ3) is 44.4. The summed E-state index contributed by atoms with van der Waals surface area (Å²) in [5.74, 6) is 1.85. The Morgan fingerprint density at radius 1 is 0.611 bits per heavy atom. The number of hydrogen-bond donors (Lipinski definition) is 0. The van der Waals surface area contributed by atoms with E-state index in [2.05, 4.69) is 41.5 Å². The van der Waals surface area contributed by atoms with Crippen molar-refractivity contribution in [3.8, 4) is 0 Å². The van der Waals surface area contributed by atoms with Gasteiger partial charge in [-0.3, -0.25) is 0 Å². The Hall–Kier alpha value is 0. The molecule has 2 atom stereocenters. The van der Waals surface area contributed by atoms with Gasteiger partial charge in [0.15, 0.2) is 0 Å². The molecule has 0 radical (unpaired) electrons. The molecule has 0 saturated carbocycles. The van der Waals surface area contributed by atoms with Gasteiger partial charge in [0.2, 0.25) is 0 Å². The summed E-state index contributed by atoms with van der Waals surface area (Å²) < 4.78 is 0. The zero-order valence-electron chi connectivity index (χ0n) is 16.0. The van der Waals surface area contributed by atoms with E-state index >= 15 is 0 Å². The molecule has 0 saturated heterocycles. The van der Waals surface area contributed by atoms with E-state index < -0.39 is 0 Å².